The van der Waals surface area contributed by atoms with Crippen molar-refractivity contribution in [2.24, 2.45) is 5.92 Å². The van der Waals surface area contributed by atoms with Crippen LogP contribution < -0.4 is 0 Å². The van der Waals surface area contributed by atoms with Crippen LogP contribution in [0.15, 0.2) is 41.8 Å². The van der Waals surface area contributed by atoms with Gasteiger partial charge in [-0.05, 0) is 31.2 Å². The fourth-order valence-corrected chi connectivity index (χ4v) is 3.98. The molecule has 3 rings (SSSR count). The zero-order valence-electron chi connectivity index (χ0n) is 14.9. The molecule has 0 unspecified atom stereocenters. The molecule has 4 nitrogen and oxygen atoms in total. The highest BCUT2D eigenvalue weighted by atomic mass is 32.1. The van der Waals surface area contributed by atoms with Crippen molar-refractivity contribution >= 4 is 28.8 Å². The minimum Gasteiger partial charge on any atom is -0.343 e. The lowest BCUT2D eigenvalue weighted by atomic mass is 9.88. The molecule has 2 aromatic rings. The maximum absolute atomic E-state index is 12.6. The first-order valence-electron chi connectivity index (χ1n) is 9.00. The predicted octanol–water partition coefficient (Wildman–Crippen LogP) is 4.14. The van der Waals surface area contributed by atoms with E-state index in [1.165, 1.54) is 11.3 Å². The van der Waals surface area contributed by atoms with Gasteiger partial charge >= 0.3 is 0 Å². The summed E-state index contributed by atoms with van der Waals surface area (Å²) in [5.74, 6) is 0.188. The summed E-state index contributed by atoms with van der Waals surface area (Å²) in [5, 5.41) is 1.87. The van der Waals surface area contributed by atoms with Gasteiger partial charge in [-0.25, -0.2) is 0 Å². The van der Waals surface area contributed by atoms with Crippen LogP contribution in [0.5, 0.6) is 0 Å². The summed E-state index contributed by atoms with van der Waals surface area (Å²) in [6.07, 6.45) is 1.88. The number of rotatable bonds is 6. The largest absolute Gasteiger partial charge is 0.343 e. The van der Waals surface area contributed by atoms with E-state index in [9.17, 15) is 14.4 Å². The Morgan fingerprint density at radius 3 is 2.35 bits per heavy atom. The average molecular weight is 369 g/mol. The van der Waals surface area contributed by atoms with E-state index >= 15 is 0 Å². The molecule has 0 saturated carbocycles. The SMILES string of the molecule is Cc1ccc(C(=O)C2CCN(C(=O)CCC(=O)c3cccs3)CC2)cc1. The molecule has 2 heterocycles. The first-order chi connectivity index (χ1) is 12.5. The first kappa shape index (κ1) is 18.5. The molecule has 1 fully saturated rings. The van der Waals surface area contributed by atoms with Crippen LogP contribution in [0, 0.1) is 12.8 Å². The van der Waals surface area contributed by atoms with E-state index in [1.807, 2.05) is 42.6 Å². The first-order valence-corrected chi connectivity index (χ1v) is 9.88. The molecule has 1 aromatic carbocycles. The van der Waals surface area contributed by atoms with Gasteiger partial charge in [0.2, 0.25) is 5.91 Å². The highest BCUT2D eigenvalue weighted by molar-refractivity contribution is 7.12. The molecule has 1 saturated heterocycles. The van der Waals surface area contributed by atoms with Gasteiger partial charge in [0.05, 0.1) is 4.88 Å². The third kappa shape index (κ3) is 4.47. The molecule has 0 atom stereocenters. The van der Waals surface area contributed by atoms with Crippen LogP contribution in [0.1, 0.15) is 51.3 Å². The van der Waals surface area contributed by atoms with Crippen LogP contribution in [-0.2, 0) is 4.79 Å². The van der Waals surface area contributed by atoms with Gasteiger partial charge < -0.3 is 4.90 Å². The second-order valence-corrected chi connectivity index (χ2v) is 7.73. The van der Waals surface area contributed by atoms with E-state index in [0.29, 0.717) is 30.8 Å². The van der Waals surface area contributed by atoms with E-state index in [4.69, 9.17) is 0 Å². The Morgan fingerprint density at radius 2 is 1.73 bits per heavy atom. The second-order valence-electron chi connectivity index (χ2n) is 6.79. The summed E-state index contributed by atoms with van der Waals surface area (Å²) in [5.41, 5.74) is 1.89. The Labute approximate surface area is 157 Å². The van der Waals surface area contributed by atoms with Crippen molar-refractivity contribution < 1.29 is 14.4 Å². The number of amides is 1. The Morgan fingerprint density at radius 1 is 1.04 bits per heavy atom. The third-order valence-electron chi connectivity index (χ3n) is 4.92. The molecule has 0 N–H and O–H groups in total. The number of carbonyl (C=O) groups is 3. The van der Waals surface area contributed by atoms with Crippen molar-refractivity contribution in [2.45, 2.75) is 32.6 Å². The van der Waals surface area contributed by atoms with Crippen LogP contribution in [-0.4, -0.2) is 35.5 Å². The average Bonchev–Trinajstić information content (AvgIpc) is 3.21. The zero-order valence-corrected chi connectivity index (χ0v) is 15.8. The molecule has 0 spiro atoms. The van der Waals surface area contributed by atoms with E-state index in [-0.39, 0.29) is 36.2 Å². The molecule has 1 amide bonds. The van der Waals surface area contributed by atoms with Gasteiger partial charge in [0.1, 0.15) is 0 Å². The number of carbonyl (C=O) groups excluding carboxylic acids is 3. The summed E-state index contributed by atoms with van der Waals surface area (Å²) in [7, 11) is 0. The quantitative estimate of drug-likeness (QED) is 0.719. The Hall–Kier alpha value is -2.27. The van der Waals surface area contributed by atoms with Crippen LogP contribution in [0.2, 0.25) is 0 Å². The van der Waals surface area contributed by atoms with Gasteiger partial charge in [-0.15, -0.1) is 11.3 Å². The molecule has 5 heteroatoms. The van der Waals surface area contributed by atoms with Crippen molar-refractivity contribution in [1.82, 2.24) is 4.90 Å². The highest BCUT2D eigenvalue weighted by Gasteiger charge is 2.28. The number of ketones is 2. The van der Waals surface area contributed by atoms with Gasteiger partial charge in [-0.1, -0.05) is 35.9 Å². The number of aryl methyl sites for hydroxylation is 1. The summed E-state index contributed by atoms with van der Waals surface area (Å²) in [4.78, 5) is 39.4. The van der Waals surface area contributed by atoms with Crippen molar-refractivity contribution in [1.29, 1.82) is 0 Å². The number of piperidine rings is 1. The molecule has 26 heavy (non-hydrogen) atoms. The minimum absolute atomic E-state index is 0.0103. The van der Waals surface area contributed by atoms with E-state index < -0.39 is 0 Å². The standard InChI is InChI=1S/C21H23NO3S/c1-15-4-6-16(7-5-15)21(25)17-10-12-22(13-11-17)20(24)9-8-18(23)19-3-2-14-26-19/h2-7,14,17H,8-13H2,1H3. The summed E-state index contributed by atoms with van der Waals surface area (Å²) in [6, 6.07) is 11.3. The fraction of sp³-hybridized carbons (Fsp3) is 0.381. The smallest absolute Gasteiger partial charge is 0.223 e. The van der Waals surface area contributed by atoms with Gasteiger partial charge in [0, 0.05) is 37.4 Å². The van der Waals surface area contributed by atoms with E-state index in [1.54, 1.807) is 11.0 Å². The monoisotopic (exact) mass is 369 g/mol. The Kier molecular flexibility index (Phi) is 5.99. The number of thiophene rings is 1. The number of likely N-dealkylation sites (tertiary alicyclic amines) is 1. The highest BCUT2D eigenvalue weighted by Crippen LogP contribution is 2.23. The van der Waals surface area contributed by atoms with Crippen LogP contribution in [0.4, 0.5) is 0 Å². The van der Waals surface area contributed by atoms with Crippen molar-refractivity contribution in [3.8, 4) is 0 Å². The maximum Gasteiger partial charge on any atom is 0.223 e. The molecule has 0 aliphatic carbocycles. The normalized spacial score (nSPS) is 15.0. The maximum atomic E-state index is 12.6. The molecule has 136 valence electrons. The fourth-order valence-electron chi connectivity index (χ4n) is 3.28. The Balaban J connectivity index is 1.47. The number of Topliss-reactive ketones (excluding diaryl/α,β-unsaturated/α-hetero) is 2. The van der Waals surface area contributed by atoms with E-state index in [0.717, 1.165) is 11.1 Å². The second kappa shape index (κ2) is 8.41. The molecular weight excluding hydrogens is 346 g/mol. The van der Waals surface area contributed by atoms with Gasteiger partial charge in [0.15, 0.2) is 11.6 Å². The van der Waals surface area contributed by atoms with Crippen LogP contribution in [0.3, 0.4) is 0 Å². The van der Waals surface area contributed by atoms with Crippen molar-refractivity contribution in [3.05, 3.63) is 57.8 Å². The summed E-state index contributed by atoms with van der Waals surface area (Å²) >= 11 is 1.41. The molecule has 0 radical (unpaired) electrons. The van der Waals surface area contributed by atoms with Crippen molar-refractivity contribution in [2.75, 3.05) is 13.1 Å². The number of hydrogen-bond acceptors (Lipinski definition) is 4. The molecular formula is C21H23NO3S. The molecule has 0 bridgehead atoms. The van der Waals surface area contributed by atoms with Crippen LogP contribution in [0.25, 0.3) is 0 Å². The van der Waals surface area contributed by atoms with Crippen LogP contribution >= 0.6 is 11.3 Å². The topological polar surface area (TPSA) is 54.5 Å². The number of nitrogens with zero attached hydrogens (tertiary/aromatic N) is 1. The summed E-state index contributed by atoms with van der Waals surface area (Å²) in [6.45, 7) is 3.18. The molecule has 1 aliphatic rings. The summed E-state index contributed by atoms with van der Waals surface area (Å²) < 4.78 is 0. The van der Waals surface area contributed by atoms with Crippen molar-refractivity contribution in [3.63, 3.8) is 0 Å². The number of benzene rings is 1. The lowest BCUT2D eigenvalue weighted by Gasteiger charge is -2.31. The van der Waals surface area contributed by atoms with Gasteiger partial charge in [-0.3, -0.25) is 14.4 Å². The third-order valence-corrected chi connectivity index (χ3v) is 5.83. The van der Waals surface area contributed by atoms with Gasteiger partial charge in [-0.2, -0.15) is 0 Å². The predicted molar refractivity (Wildman–Crippen MR) is 103 cm³/mol. The minimum atomic E-state index is -0.0190. The lowest BCUT2D eigenvalue weighted by molar-refractivity contribution is -0.132. The Bertz CT molecular complexity index is 772. The lowest BCUT2D eigenvalue weighted by Crippen LogP contribution is -2.40. The van der Waals surface area contributed by atoms with Gasteiger partial charge in [0.25, 0.3) is 0 Å². The molecule has 1 aliphatic heterocycles. The molecule has 1 aromatic heterocycles. The number of hydrogen-bond donors (Lipinski definition) is 0. The zero-order chi connectivity index (χ0) is 18.5. The van der Waals surface area contributed by atoms with E-state index in [2.05, 4.69) is 0 Å².